The van der Waals surface area contributed by atoms with Gasteiger partial charge in [0.15, 0.2) is 0 Å². The van der Waals surface area contributed by atoms with Gasteiger partial charge in [0.1, 0.15) is 4.90 Å². The smallest absolute Gasteiger partial charge is 0.243 e. The van der Waals surface area contributed by atoms with Crippen molar-refractivity contribution in [1.29, 1.82) is 0 Å². The Hall–Kier alpha value is -0.760. The second-order valence-corrected chi connectivity index (χ2v) is 7.07. The van der Waals surface area contributed by atoms with Crippen LogP contribution in [-0.4, -0.2) is 48.5 Å². The lowest BCUT2D eigenvalue weighted by Gasteiger charge is -2.15. The average molecular weight is 303 g/mol. The number of hydrogen-bond acceptors (Lipinski definition) is 5. The van der Waals surface area contributed by atoms with Crippen molar-refractivity contribution in [2.45, 2.75) is 36.2 Å². The zero-order chi connectivity index (χ0) is 13.5. The van der Waals surface area contributed by atoms with Crippen molar-refractivity contribution in [3.05, 3.63) is 17.7 Å². The summed E-state index contributed by atoms with van der Waals surface area (Å²) in [5.41, 5.74) is 0. The molecule has 0 radical (unpaired) electrons. The molecule has 2 aliphatic rings. The van der Waals surface area contributed by atoms with E-state index < -0.39 is 10.0 Å². The lowest BCUT2D eigenvalue weighted by atomic mass is 10.3. The molecule has 1 saturated heterocycles. The second-order valence-electron chi connectivity index (χ2n) is 5.02. The van der Waals surface area contributed by atoms with Crippen LogP contribution in [0.25, 0.3) is 0 Å². The number of aromatic nitrogens is 2. The Balaban J connectivity index is 1.66. The first-order valence-corrected chi connectivity index (χ1v) is 8.14. The number of rotatable bonds is 4. The Morgan fingerprint density at radius 1 is 1.26 bits per heavy atom. The first-order chi connectivity index (χ1) is 9.04. The molecule has 1 aromatic rings. The van der Waals surface area contributed by atoms with E-state index in [1.165, 1.54) is 25.2 Å². The van der Waals surface area contributed by atoms with Gasteiger partial charge in [-0.15, -0.1) is 0 Å². The van der Waals surface area contributed by atoms with Crippen molar-refractivity contribution in [3.8, 4) is 0 Å². The molecule has 104 valence electrons. The highest BCUT2D eigenvalue weighted by molar-refractivity contribution is 7.89. The standard InChI is InChI=1S/C11H15ClN4O2S/c12-11-13-5-10(6-14-11)19(17,18)15-8-3-4-16(7-8)9-1-2-9/h5-6,8-9,15H,1-4,7H2. The van der Waals surface area contributed by atoms with Crippen molar-refractivity contribution < 1.29 is 8.42 Å². The van der Waals surface area contributed by atoms with E-state index in [2.05, 4.69) is 19.6 Å². The average Bonchev–Trinajstić information content (AvgIpc) is 3.11. The van der Waals surface area contributed by atoms with Crippen LogP contribution in [-0.2, 0) is 10.0 Å². The van der Waals surface area contributed by atoms with Gasteiger partial charge in [0, 0.05) is 25.2 Å². The topological polar surface area (TPSA) is 75.2 Å². The monoisotopic (exact) mass is 302 g/mol. The highest BCUT2D eigenvalue weighted by atomic mass is 35.5. The fourth-order valence-electron chi connectivity index (χ4n) is 2.38. The minimum atomic E-state index is -3.55. The van der Waals surface area contributed by atoms with E-state index in [-0.39, 0.29) is 16.2 Å². The van der Waals surface area contributed by atoms with Crippen LogP contribution in [0.5, 0.6) is 0 Å². The third kappa shape index (κ3) is 3.05. The van der Waals surface area contributed by atoms with Crippen LogP contribution in [0, 0.1) is 0 Å². The predicted octanol–water partition coefficient (Wildman–Crippen LogP) is 0.645. The Morgan fingerprint density at radius 3 is 2.58 bits per heavy atom. The normalized spacial score (nSPS) is 24.8. The first-order valence-electron chi connectivity index (χ1n) is 6.28. The molecule has 1 aromatic heterocycles. The van der Waals surface area contributed by atoms with Crippen molar-refractivity contribution >= 4 is 21.6 Å². The van der Waals surface area contributed by atoms with Crippen molar-refractivity contribution in [3.63, 3.8) is 0 Å². The third-order valence-corrected chi connectivity index (χ3v) is 5.18. The highest BCUT2D eigenvalue weighted by Crippen LogP contribution is 2.30. The summed E-state index contributed by atoms with van der Waals surface area (Å²) in [4.78, 5) is 9.81. The molecule has 3 rings (SSSR count). The molecule has 2 heterocycles. The predicted molar refractivity (Wildman–Crippen MR) is 70.4 cm³/mol. The molecule has 1 unspecified atom stereocenters. The van der Waals surface area contributed by atoms with Crippen LogP contribution in [0.4, 0.5) is 0 Å². The SMILES string of the molecule is O=S(=O)(NC1CCN(C2CC2)C1)c1cnc(Cl)nc1. The number of likely N-dealkylation sites (tertiary alicyclic amines) is 1. The summed E-state index contributed by atoms with van der Waals surface area (Å²) in [5, 5.41) is 0.0414. The third-order valence-electron chi connectivity index (χ3n) is 3.51. The van der Waals surface area contributed by atoms with E-state index in [0.717, 1.165) is 19.5 Å². The number of sulfonamides is 1. The first kappa shape index (κ1) is 13.2. The van der Waals surface area contributed by atoms with Crippen LogP contribution in [0.15, 0.2) is 17.3 Å². The number of hydrogen-bond donors (Lipinski definition) is 1. The quantitative estimate of drug-likeness (QED) is 0.826. The lowest BCUT2D eigenvalue weighted by molar-refractivity contribution is 0.322. The molecule has 0 spiro atoms. The lowest BCUT2D eigenvalue weighted by Crippen LogP contribution is -2.37. The van der Waals surface area contributed by atoms with Gasteiger partial charge in [0.05, 0.1) is 12.4 Å². The maximum Gasteiger partial charge on any atom is 0.243 e. The van der Waals surface area contributed by atoms with Crippen LogP contribution in [0.2, 0.25) is 5.28 Å². The van der Waals surface area contributed by atoms with Crippen LogP contribution in [0.1, 0.15) is 19.3 Å². The van der Waals surface area contributed by atoms with Gasteiger partial charge in [0.2, 0.25) is 15.3 Å². The molecular weight excluding hydrogens is 288 g/mol. The van der Waals surface area contributed by atoms with Gasteiger partial charge in [-0.1, -0.05) is 0 Å². The fourth-order valence-corrected chi connectivity index (χ4v) is 3.63. The molecule has 0 amide bonds. The molecule has 0 aromatic carbocycles. The molecular formula is C11H15ClN4O2S. The van der Waals surface area contributed by atoms with E-state index >= 15 is 0 Å². The molecule has 8 heteroatoms. The maximum atomic E-state index is 12.1. The fraction of sp³-hybridized carbons (Fsp3) is 0.636. The zero-order valence-electron chi connectivity index (χ0n) is 10.3. The highest BCUT2D eigenvalue weighted by Gasteiger charge is 2.35. The van der Waals surface area contributed by atoms with Gasteiger partial charge in [0.25, 0.3) is 0 Å². The minimum Gasteiger partial charge on any atom is -0.299 e. The number of nitrogens with one attached hydrogen (secondary N) is 1. The molecule has 1 atom stereocenters. The summed E-state index contributed by atoms with van der Waals surface area (Å²) in [6, 6.07) is 0.648. The van der Waals surface area contributed by atoms with Crippen LogP contribution < -0.4 is 4.72 Å². The number of halogens is 1. The van der Waals surface area contributed by atoms with Crippen LogP contribution in [0.3, 0.4) is 0 Å². The summed E-state index contributed by atoms with van der Waals surface area (Å²) in [7, 11) is -3.55. The van der Waals surface area contributed by atoms with E-state index in [9.17, 15) is 8.42 Å². The molecule has 1 aliphatic carbocycles. The van der Waals surface area contributed by atoms with Gasteiger partial charge < -0.3 is 0 Å². The van der Waals surface area contributed by atoms with Crippen LogP contribution >= 0.6 is 11.6 Å². The molecule has 1 aliphatic heterocycles. The maximum absolute atomic E-state index is 12.1. The molecule has 0 bridgehead atoms. The summed E-state index contributed by atoms with van der Waals surface area (Å²) in [6.45, 7) is 1.76. The Kier molecular flexibility index (Phi) is 3.46. The molecule has 6 nitrogen and oxygen atoms in total. The summed E-state index contributed by atoms with van der Waals surface area (Å²) < 4.78 is 27.0. The van der Waals surface area contributed by atoms with Crippen molar-refractivity contribution in [1.82, 2.24) is 19.6 Å². The summed E-state index contributed by atoms with van der Waals surface area (Å²) in [6.07, 6.45) is 5.79. The summed E-state index contributed by atoms with van der Waals surface area (Å²) in [5.74, 6) is 0. The van der Waals surface area contributed by atoms with Gasteiger partial charge in [-0.3, -0.25) is 4.90 Å². The van der Waals surface area contributed by atoms with Gasteiger partial charge in [-0.25, -0.2) is 23.1 Å². The second kappa shape index (κ2) is 4.97. The van der Waals surface area contributed by atoms with E-state index in [1.807, 2.05) is 0 Å². The van der Waals surface area contributed by atoms with Gasteiger partial charge in [-0.2, -0.15) is 0 Å². The van der Waals surface area contributed by atoms with Crippen molar-refractivity contribution in [2.24, 2.45) is 0 Å². The zero-order valence-corrected chi connectivity index (χ0v) is 11.9. The Bertz CT molecular complexity index is 559. The summed E-state index contributed by atoms with van der Waals surface area (Å²) >= 11 is 5.55. The van der Waals surface area contributed by atoms with Gasteiger partial charge >= 0.3 is 0 Å². The van der Waals surface area contributed by atoms with E-state index in [0.29, 0.717) is 6.04 Å². The molecule has 2 fully saturated rings. The van der Waals surface area contributed by atoms with E-state index in [4.69, 9.17) is 11.6 Å². The van der Waals surface area contributed by atoms with Gasteiger partial charge in [-0.05, 0) is 30.9 Å². The Morgan fingerprint density at radius 2 is 1.95 bits per heavy atom. The Labute approximate surface area is 117 Å². The van der Waals surface area contributed by atoms with Crippen molar-refractivity contribution in [2.75, 3.05) is 13.1 Å². The molecule has 1 saturated carbocycles. The minimum absolute atomic E-state index is 0.0266. The molecule has 1 N–H and O–H groups in total. The molecule has 19 heavy (non-hydrogen) atoms. The van der Waals surface area contributed by atoms with E-state index in [1.54, 1.807) is 0 Å². The number of nitrogens with zero attached hydrogens (tertiary/aromatic N) is 3. The largest absolute Gasteiger partial charge is 0.299 e.